The number of hydrogen-bond acceptors (Lipinski definition) is 4. The maximum absolute atomic E-state index is 13.3. The predicted octanol–water partition coefficient (Wildman–Crippen LogP) is 2.41. The van der Waals surface area contributed by atoms with Crippen molar-refractivity contribution in [3.63, 3.8) is 0 Å². The Kier molecular flexibility index (Phi) is 2.51. The van der Waals surface area contributed by atoms with E-state index in [1.54, 1.807) is 10.6 Å². The van der Waals surface area contributed by atoms with Gasteiger partial charge in [-0.05, 0) is 32.0 Å². The average Bonchev–Trinajstić information content (AvgIpc) is 2.82. The number of nitrogens with zero attached hydrogens (tertiary/aromatic N) is 3. The summed E-state index contributed by atoms with van der Waals surface area (Å²) in [7, 11) is 0. The normalized spacial score (nSPS) is 11.3. The molecule has 0 aliphatic heterocycles. The molecule has 0 fully saturated rings. The number of benzene rings is 1. The van der Waals surface area contributed by atoms with Gasteiger partial charge >= 0.3 is 0 Å². The lowest BCUT2D eigenvalue weighted by atomic mass is 10.3. The van der Waals surface area contributed by atoms with E-state index in [0.29, 0.717) is 29.4 Å². The van der Waals surface area contributed by atoms with Gasteiger partial charge in [0.05, 0.1) is 16.7 Å². The number of nitrogen functional groups attached to an aromatic ring is 1. The van der Waals surface area contributed by atoms with Gasteiger partial charge in [-0.15, -0.1) is 0 Å². The van der Waals surface area contributed by atoms with Crippen LogP contribution >= 0.6 is 0 Å². The summed E-state index contributed by atoms with van der Waals surface area (Å²) in [5.74, 6) is 1.29. The molecular formula is C13H13FN4O. The van der Waals surface area contributed by atoms with Gasteiger partial charge in [-0.3, -0.25) is 0 Å². The summed E-state index contributed by atoms with van der Waals surface area (Å²) < 4.78 is 20.5. The molecule has 98 valence electrons. The highest BCUT2D eigenvalue weighted by Gasteiger charge is 2.13. The van der Waals surface area contributed by atoms with E-state index in [1.165, 1.54) is 12.1 Å². The molecule has 6 heteroatoms. The van der Waals surface area contributed by atoms with E-state index in [4.69, 9.17) is 10.2 Å². The Labute approximate surface area is 108 Å². The van der Waals surface area contributed by atoms with Crippen LogP contribution in [0.4, 0.5) is 10.3 Å². The van der Waals surface area contributed by atoms with E-state index < -0.39 is 0 Å². The third kappa shape index (κ3) is 1.95. The van der Waals surface area contributed by atoms with E-state index in [1.807, 2.05) is 13.8 Å². The van der Waals surface area contributed by atoms with Gasteiger partial charge in [-0.25, -0.2) is 14.4 Å². The number of oxazole rings is 1. The highest BCUT2D eigenvalue weighted by atomic mass is 19.1. The summed E-state index contributed by atoms with van der Waals surface area (Å²) in [5, 5.41) is 0. The van der Waals surface area contributed by atoms with Crippen molar-refractivity contribution in [1.29, 1.82) is 0 Å². The van der Waals surface area contributed by atoms with Crippen LogP contribution in [0.2, 0.25) is 0 Å². The summed E-state index contributed by atoms with van der Waals surface area (Å²) in [6, 6.07) is 4.36. The van der Waals surface area contributed by atoms with Crippen LogP contribution in [0.25, 0.3) is 11.0 Å². The molecule has 0 aliphatic carbocycles. The molecule has 0 saturated heterocycles. The number of fused-ring (bicyclic) bond motifs is 1. The van der Waals surface area contributed by atoms with Gasteiger partial charge < -0.3 is 14.7 Å². The molecule has 3 aromatic rings. The average molecular weight is 260 g/mol. The molecule has 0 aliphatic rings. The summed E-state index contributed by atoms with van der Waals surface area (Å²) in [6.07, 6.45) is 0. The lowest BCUT2D eigenvalue weighted by Crippen LogP contribution is -2.05. The Morgan fingerprint density at radius 1 is 1.32 bits per heavy atom. The summed E-state index contributed by atoms with van der Waals surface area (Å²) in [4.78, 5) is 8.48. The van der Waals surface area contributed by atoms with Crippen LogP contribution < -0.4 is 5.73 Å². The van der Waals surface area contributed by atoms with Crippen molar-refractivity contribution in [2.75, 3.05) is 5.73 Å². The van der Waals surface area contributed by atoms with Crippen LogP contribution in [0.3, 0.4) is 0 Å². The van der Waals surface area contributed by atoms with E-state index in [0.717, 1.165) is 11.5 Å². The third-order valence-electron chi connectivity index (χ3n) is 3.11. The number of halogens is 1. The zero-order chi connectivity index (χ0) is 13.6. The van der Waals surface area contributed by atoms with Crippen molar-refractivity contribution < 1.29 is 8.81 Å². The first-order chi connectivity index (χ1) is 9.04. The quantitative estimate of drug-likeness (QED) is 0.768. The Morgan fingerprint density at radius 3 is 2.79 bits per heavy atom. The molecule has 2 aromatic heterocycles. The van der Waals surface area contributed by atoms with Crippen LogP contribution in [-0.4, -0.2) is 14.5 Å². The van der Waals surface area contributed by atoms with Crippen LogP contribution in [0.5, 0.6) is 0 Å². The van der Waals surface area contributed by atoms with Crippen molar-refractivity contribution in [2.45, 2.75) is 20.4 Å². The number of anilines is 1. The van der Waals surface area contributed by atoms with Crippen LogP contribution in [0.1, 0.15) is 17.3 Å². The molecule has 2 heterocycles. The van der Waals surface area contributed by atoms with Gasteiger partial charge in [0.2, 0.25) is 11.8 Å². The summed E-state index contributed by atoms with van der Waals surface area (Å²) in [5.41, 5.74) is 7.98. The van der Waals surface area contributed by atoms with E-state index in [9.17, 15) is 4.39 Å². The smallest absolute Gasteiger partial charge is 0.214 e. The Bertz CT molecular complexity index is 740. The minimum Gasteiger partial charge on any atom is -0.444 e. The number of rotatable bonds is 2. The molecule has 1 aromatic carbocycles. The molecule has 19 heavy (non-hydrogen) atoms. The van der Waals surface area contributed by atoms with Gasteiger partial charge in [0.25, 0.3) is 0 Å². The van der Waals surface area contributed by atoms with E-state index >= 15 is 0 Å². The van der Waals surface area contributed by atoms with Gasteiger partial charge in [0.15, 0.2) is 0 Å². The Balaban J connectivity index is 2.09. The number of nitrogens with two attached hydrogens (primary N) is 1. The molecule has 0 amide bonds. The second-order valence-electron chi connectivity index (χ2n) is 4.44. The minimum atomic E-state index is -0.326. The fourth-order valence-corrected chi connectivity index (χ4v) is 2.02. The van der Waals surface area contributed by atoms with Crippen molar-refractivity contribution in [3.05, 3.63) is 41.4 Å². The van der Waals surface area contributed by atoms with Crippen LogP contribution in [0, 0.1) is 19.7 Å². The van der Waals surface area contributed by atoms with Gasteiger partial charge in [0.1, 0.15) is 18.1 Å². The number of imidazole rings is 1. The van der Waals surface area contributed by atoms with Gasteiger partial charge in [-0.1, -0.05) is 0 Å². The molecule has 0 atom stereocenters. The summed E-state index contributed by atoms with van der Waals surface area (Å²) >= 11 is 0. The van der Waals surface area contributed by atoms with Crippen LogP contribution in [-0.2, 0) is 6.54 Å². The first-order valence-electron chi connectivity index (χ1n) is 5.89. The predicted molar refractivity (Wildman–Crippen MR) is 69.2 cm³/mol. The molecule has 3 rings (SSSR count). The Morgan fingerprint density at radius 2 is 2.11 bits per heavy atom. The molecule has 0 spiro atoms. The van der Waals surface area contributed by atoms with Gasteiger partial charge in [-0.2, -0.15) is 0 Å². The van der Waals surface area contributed by atoms with Crippen molar-refractivity contribution in [3.8, 4) is 0 Å². The first kappa shape index (κ1) is 11.7. The fourth-order valence-electron chi connectivity index (χ4n) is 2.02. The SMILES string of the molecule is Cc1nc(Cn2c(N)nc3ccc(F)cc32)oc1C. The first-order valence-corrected chi connectivity index (χ1v) is 5.89. The van der Waals surface area contributed by atoms with Crippen molar-refractivity contribution in [2.24, 2.45) is 0 Å². The maximum Gasteiger partial charge on any atom is 0.214 e. The monoisotopic (exact) mass is 260 g/mol. The highest BCUT2D eigenvalue weighted by molar-refractivity contribution is 5.78. The number of aromatic nitrogens is 3. The molecule has 5 nitrogen and oxygen atoms in total. The third-order valence-corrected chi connectivity index (χ3v) is 3.11. The molecule has 0 radical (unpaired) electrons. The zero-order valence-corrected chi connectivity index (χ0v) is 10.6. The highest BCUT2D eigenvalue weighted by Crippen LogP contribution is 2.21. The van der Waals surface area contributed by atoms with Crippen molar-refractivity contribution in [1.82, 2.24) is 14.5 Å². The molecule has 0 saturated carbocycles. The van der Waals surface area contributed by atoms with Crippen molar-refractivity contribution >= 4 is 17.0 Å². The largest absolute Gasteiger partial charge is 0.444 e. The molecule has 2 N–H and O–H groups in total. The maximum atomic E-state index is 13.3. The lowest BCUT2D eigenvalue weighted by Gasteiger charge is -2.02. The molecular weight excluding hydrogens is 247 g/mol. The summed E-state index contributed by atoms with van der Waals surface area (Å²) in [6.45, 7) is 4.05. The minimum absolute atomic E-state index is 0.314. The standard InChI is InChI=1S/C13H13FN4O/c1-7-8(2)19-12(16-7)6-18-11-5-9(14)3-4-10(11)17-13(18)15/h3-5H,6H2,1-2H3,(H2,15,17). The topological polar surface area (TPSA) is 69.9 Å². The van der Waals surface area contributed by atoms with Gasteiger partial charge in [0, 0.05) is 0 Å². The molecule has 0 unspecified atom stereocenters. The molecule has 0 bridgehead atoms. The number of hydrogen-bond donors (Lipinski definition) is 1. The second kappa shape index (κ2) is 4.08. The number of aryl methyl sites for hydroxylation is 2. The Hall–Kier alpha value is -2.37. The van der Waals surface area contributed by atoms with E-state index in [2.05, 4.69) is 9.97 Å². The second-order valence-corrected chi connectivity index (χ2v) is 4.44. The van der Waals surface area contributed by atoms with Crippen LogP contribution in [0.15, 0.2) is 22.6 Å². The van der Waals surface area contributed by atoms with E-state index in [-0.39, 0.29) is 5.82 Å². The lowest BCUT2D eigenvalue weighted by molar-refractivity contribution is 0.460. The zero-order valence-electron chi connectivity index (χ0n) is 10.6. The fraction of sp³-hybridized carbons (Fsp3) is 0.231.